The summed E-state index contributed by atoms with van der Waals surface area (Å²) in [5, 5.41) is 3.39. The average molecular weight is 424 g/mol. The molecule has 4 rings (SSSR count). The van der Waals surface area contributed by atoms with Gasteiger partial charge < -0.3 is 20.5 Å². The molecular weight excluding hydrogens is 402 g/mol. The highest BCUT2D eigenvalue weighted by atomic mass is 35.5. The van der Waals surface area contributed by atoms with E-state index in [0.717, 1.165) is 42.9 Å². The first-order valence-electron chi connectivity index (χ1n) is 8.94. The van der Waals surface area contributed by atoms with Crippen molar-refractivity contribution < 1.29 is 19.1 Å². The topological polar surface area (TPSA) is 93.9 Å². The van der Waals surface area contributed by atoms with Crippen LogP contribution in [0, 0.1) is 0 Å². The molecule has 2 aliphatic rings. The van der Waals surface area contributed by atoms with Crippen LogP contribution in [0.4, 0.5) is 5.00 Å². The predicted molar refractivity (Wildman–Crippen MR) is 110 cm³/mol. The number of carbonyl (C=O) groups is 2. The monoisotopic (exact) mass is 423 g/mol. The fourth-order valence-electron chi connectivity index (χ4n) is 3.53. The number of nitrogens with one attached hydrogen (secondary N) is 1. The Labute approximate surface area is 173 Å². The first kappa shape index (κ1) is 20.4. The molecule has 0 bridgehead atoms. The van der Waals surface area contributed by atoms with Crippen molar-refractivity contribution in [2.75, 3.05) is 25.2 Å². The van der Waals surface area contributed by atoms with Crippen LogP contribution < -0.4 is 20.5 Å². The highest BCUT2D eigenvalue weighted by molar-refractivity contribution is 7.17. The molecule has 0 saturated heterocycles. The molecule has 7 nitrogen and oxygen atoms in total. The Hall–Kier alpha value is -2.29. The Balaban J connectivity index is 0.00000225. The third-order valence-electron chi connectivity index (χ3n) is 4.78. The number of hydrogen-bond donors (Lipinski definition) is 2. The van der Waals surface area contributed by atoms with E-state index in [9.17, 15) is 9.59 Å². The minimum Gasteiger partial charge on any atom is -0.454 e. The lowest BCUT2D eigenvalue weighted by atomic mass is 10.0. The lowest BCUT2D eigenvalue weighted by Crippen LogP contribution is -2.31. The first-order chi connectivity index (χ1) is 13.1. The molecule has 0 unspecified atom stereocenters. The van der Waals surface area contributed by atoms with E-state index in [1.807, 2.05) is 0 Å². The van der Waals surface area contributed by atoms with Crippen molar-refractivity contribution >= 4 is 40.6 Å². The van der Waals surface area contributed by atoms with Gasteiger partial charge in [0.2, 0.25) is 6.79 Å². The van der Waals surface area contributed by atoms with E-state index in [-0.39, 0.29) is 25.1 Å². The van der Waals surface area contributed by atoms with E-state index in [4.69, 9.17) is 15.2 Å². The Bertz CT molecular complexity index is 915. The second-order valence-electron chi connectivity index (χ2n) is 6.62. The van der Waals surface area contributed by atoms with Crippen molar-refractivity contribution in [3.05, 3.63) is 39.8 Å². The van der Waals surface area contributed by atoms with Gasteiger partial charge in [-0.3, -0.25) is 14.5 Å². The van der Waals surface area contributed by atoms with Crippen LogP contribution >= 0.6 is 23.7 Å². The SMILES string of the molecule is CCCN1CCc2c(sc(NC(=O)c3ccc4c(c3)OCO4)c2C(N)=O)C1.Cl. The smallest absolute Gasteiger partial charge is 0.256 e. The summed E-state index contributed by atoms with van der Waals surface area (Å²) in [5.41, 5.74) is 7.49. The standard InChI is InChI=1S/C19H21N3O4S.ClH/c1-2-6-22-7-5-12-15(9-22)27-19(16(12)17(20)23)21-18(24)11-3-4-13-14(8-11)26-10-25-13;/h3-4,8H,2,5-7,9-10H2,1H3,(H2,20,23)(H,21,24);1H. The number of rotatable bonds is 5. The van der Waals surface area contributed by atoms with Gasteiger partial charge in [0, 0.05) is 23.5 Å². The zero-order valence-electron chi connectivity index (χ0n) is 15.4. The second-order valence-corrected chi connectivity index (χ2v) is 7.73. The van der Waals surface area contributed by atoms with Crippen molar-refractivity contribution in [3.8, 4) is 11.5 Å². The van der Waals surface area contributed by atoms with Gasteiger partial charge in [0.25, 0.3) is 11.8 Å². The van der Waals surface area contributed by atoms with Gasteiger partial charge in [-0.05, 0) is 43.1 Å². The first-order valence-corrected chi connectivity index (χ1v) is 9.76. The fraction of sp³-hybridized carbons (Fsp3) is 0.368. The number of hydrogen-bond acceptors (Lipinski definition) is 6. The zero-order chi connectivity index (χ0) is 19.0. The van der Waals surface area contributed by atoms with Crippen molar-refractivity contribution in [2.24, 2.45) is 5.73 Å². The molecule has 0 aliphatic carbocycles. The molecular formula is C19H22ClN3O4S. The molecule has 0 atom stereocenters. The van der Waals surface area contributed by atoms with E-state index in [1.165, 1.54) is 11.3 Å². The molecule has 28 heavy (non-hydrogen) atoms. The molecule has 0 spiro atoms. The predicted octanol–water partition coefficient (Wildman–Crippen LogP) is 3.02. The maximum absolute atomic E-state index is 12.7. The molecule has 0 radical (unpaired) electrons. The number of nitrogens with zero attached hydrogens (tertiary/aromatic N) is 1. The van der Waals surface area contributed by atoms with Crippen LogP contribution in [0.25, 0.3) is 0 Å². The van der Waals surface area contributed by atoms with Gasteiger partial charge in [-0.1, -0.05) is 6.92 Å². The second kappa shape index (κ2) is 8.38. The summed E-state index contributed by atoms with van der Waals surface area (Å²) in [5.74, 6) is 0.350. The van der Waals surface area contributed by atoms with Crippen molar-refractivity contribution in [1.29, 1.82) is 0 Å². The number of fused-ring (bicyclic) bond motifs is 2. The number of carbonyl (C=O) groups excluding carboxylic acids is 2. The van der Waals surface area contributed by atoms with Crippen LogP contribution in [0.1, 0.15) is 44.5 Å². The van der Waals surface area contributed by atoms with Gasteiger partial charge in [-0.2, -0.15) is 0 Å². The van der Waals surface area contributed by atoms with Crippen molar-refractivity contribution in [2.45, 2.75) is 26.3 Å². The van der Waals surface area contributed by atoms with Gasteiger partial charge in [-0.25, -0.2) is 0 Å². The summed E-state index contributed by atoms with van der Waals surface area (Å²) >= 11 is 1.44. The van der Waals surface area contributed by atoms with E-state index < -0.39 is 5.91 Å². The van der Waals surface area contributed by atoms with Crippen molar-refractivity contribution in [1.82, 2.24) is 4.90 Å². The average Bonchev–Trinajstić information content (AvgIpc) is 3.24. The molecule has 1 aromatic carbocycles. The number of thiophene rings is 1. The molecule has 0 fully saturated rings. The van der Waals surface area contributed by atoms with Crippen LogP contribution in [0.2, 0.25) is 0 Å². The number of benzene rings is 1. The quantitative estimate of drug-likeness (QED) is 0.770. The van der Waals surface area contributed by atoms with Gasteiger partial charge in [0.15, 0.2) is 11.5 Å². The lowest BCUT2D eigenvalue weighted by Gasteiger charge is -2.26. The number of amides is 2. The van der Waals surface area contributed by atoms with Crippen LogP contribution in [-0.4, -0.2) is 36.6 Å². The fourth-order valence-corrected chi connectivity index (χ4v) is 4.82. The molecule has 3 heterocycles. The highest BCUT2D eigenvalue weighted by Crippen LogP contribution is 2.38. The number of ether oxygens (including phenoxy) is 2. The number of nitrogens with two attached hydrogens (primary N) is 1. The minimum atomic E-state index is -0.502. The Kier molecular flexibility index (Phi) is 6.12. The largest absolute Gasteiger partial charge is 0.454 e. The summed E-state index contributed by atoms with van der Waals surface area (Å²) in [4.78, 5) is 28.2. The lowest BCUT2D eigenvalue weighted by molar-refractivity contribution is 0.1000. The van der Waals surface area contributed by atoms with E-state index in [2.05, 4.69) is 17.1 Å². The van der Waals surface area contributed by atoms with E-state index >= 15 is 0 Å². The maximum Gasteiger partial charge on any atom is 0.256 e. The Morgan fingerprint density at radius 1 is 1.29 bits per heavy atom. The van der Waals surface area contributed by atoms with Crippen LogP contribution in [0.15, 0.2) is 18.2 Å². The Morgan fingerprint density at radius 3 is 2.82 bits per heavy atom. The summed E-state index contributed by atoms with van der Waals surface area (Å²) in [6.45, 7) is 5.00. The summed E-state index contributed by atoms with van der Waals surface area (Å²) in [6.07, 6.45) is 1.85. The molecule has 2 amide bonds. The number of anilines is 1. The molecule has 0 saturated carbocycles. The van der Waals surface area contributed by atoms with Gasteiger partial charge in [0.1, 0.15) is 5.00 Å². The summed E-state index contributed by atoms with van der Waals surface area (Å²) < 4.78 is 10.6. The molecule has 3 N–H and O–H groups in total. The third kappa shape index (κ3) is 3.80. The molecule has 1 aromatic heterocycles. The van der Waals surface area contributed by atoms with Gasteiger partial charge in [0.05, 0.1) is 5.56 Å². The summed E-state index contributed by atoms with van der Waals surface area (Å²) in [7, 11) is 0. The molecule has 2 aliphatic heterocycles. The number of primary amides is 1. The van der Waals surface area contributed by atoms with Crippen LogP contribution in [0.5, 0.6) is 11.5 Å². The third-order valence-corrected chi connectivity index (χ3v) is 5.92. The normalized spacial score (nSPS) is 14.9. The van der Waals surface area contributed by atoms with Gasteiger partial charge >= 0.3 is 0 Å². The molecule has 150 valence electrons. The zero-order valence-corrected chi connectivity index (χ0v) is 17.1. The summed E-state index contributed by atoms with van der Waals surface area (Å²) in [6, 6.07) is 5.01. The van der Waals surface area contributed by atoms with E-state index in [0.29, 0.717) is 27.6 Å². The highest BCUT2D eigenvalue weighted by Gasteiger charge is 2.28. The molecule has 2 aromatic rings. The maximum atomic E-state index is 12.7. The van der Waals surface area contributed by atoms with Gasteiger partial charge in [-0.15, -0.1) is 23.7 Å². The molecule has 9 heteroatoms. The minimum absolute atomic E-state index is 0. The van der Waals surface area contributed by atoms with Crippen LogP contribution in [0.3, 0.4) is 0 Å². The van der Waals surface area contributed by atoms with Crippen LogP contribution in [-0.2, 0) is 13.0 Å². The Morgan fingerprint density at radius 2 is 2.07 bits per heavy atom. The van der Waals surface area contributed by atoms with Crippen molar-refractivity contribution in [3.63, 3.8) is 0 Å². The van der Waals surface area contributed by atoms with E-state index in [1.54, 1.807) is 18.2 Å². The number of halogens is 1.